The molecule has 1 amide bonds. The van der Waals surface area contributed by atoms with Crippen molar-refractivity contribution in [1.29, 1.82) is 0 Å². The third-order valence-electron chi connectivity index (χ3n) is 5.21. The number of nitrogens with zero attached hydrogens (tertiary/aromatic N) is 1. The van der Waals surface area contributed by atoms with Crippen molar-refractivity contribution in [3.05, 3.63) is 50.7 Å². The lowest BCUT2D eigenvalue weighted by Gasteiger charge is -2.30. The minimum atomic E-state index is -4.76. The zero-order valence-electron chi connectivity index (χ0n) is 16.7. The molecule has 2 aromatic rings. The fourth-order valence-electron chi connectivity index (χ4n) is 3.42. The van der Waals surface area contributed by atoms with Gasteiger partial charge in [-0.05, 0) is 49.6 Å². The number of thiophene rings is 1. The molecule has 1 aromatic carbocycles. The van der Waals surface area contributed by atoms with Crippen LogP contribution in [-0.4, -0.2) is 31.7 Å². The van der Waals surface area contributed by atoms with Gasteiger partial charge >= 0.3 is 6.18 Å². The van der Waals surface area contributed by atoms with Gasteiger partial charge in [0.05, 0.1) is 22.0 Å². The Morgan fingerprint density at radius 2 is 1.84 bits per heavy atom. The van der Waals surface area contributed by atoms with Gasteiger partial charge in [0.2, 0.25) is 15.9 Å². The smallest absolute Gasteiger partial charge is 0.351 e. The largest absolute Gasteiger partial charge is 0.417 e. The van der Waals surface area contributed by atoms with Gasteiger partial charge in [-0.1, -0.05) is 18.5 Å². The molecule has 11 heteroatoms. The molecule has 0 atom stereocenters. The lowest BCUT2D eigenvalue weighted by Crippen LogP contribution is -2.42. The van der Waals surface area contributed by atoms with Crippen LogP contribution in [0.2, 0.25) is 5.02 Å². The van der Waals surface area contributed by atoms with E-state index in [-0.39, 0.29) is 24.9 Å². The van der Waals surface area contributed by atoms with Gasteiger partial charge in [-0.15, -0.1) is 11.3 Å². The molecule has 3 rings (SSSR count). The van der Waals surface area contributed by atoms with Crippen LogP contribution in [0.1, 0.15) is 35.1 Å². The number of halogens is 4. The van der Waals surface area contributed by atoms with E-state index in [1.807, 2.05) is 12.1 Å². The van der Waals surface area contributed by atoms with Crippen molar-refractivity contribution in [3.8, 4) is 0 Å². The van der Waals surface area contributed by atoms with E-state index >= 15 is 0 Å². The first-order valence-electron chi connectivity index (χ1n) is 9.74. The van der Waals surface area contributed by atoms with Gasteiger partial charge in [0.1, 0.15) is 0 Å². The topological polar surface area (TPSA) is 66.5 Å². The van der Waals surface area contributed by atoms with Crippen LogP contribution in [0.25, 0.3) is 0 Å². The highest BCUT2D eigenvalue weighted by Gasteiger charge is 2.37. The first-order valence-corrected chi connectivity index (χ1v) is 12.4. The van der Waals surface area contributed by atoms with Gasteiger partial charge in [-0.25, -0.2) is 8.42 Å². The van der Waals surface area contributed by atoms with E-state index in [1.165, 1.54) is 4.88 Å². The van der Waals surface area contributed by atoms with Crippen LogP contribution >= 0.6 is 22.9 Å². The second-order valence-electron chi connectivity index (χ2n) is 7.26. The Kier molecular flexibility index (Phi) is 7.35. The van der Waals surface area contributed by atoms with E-state index in [0.717, 1.165) is 27.7 Å². The zero-order chi connectivity index (χ0) is 22.8. The highest BCUT2D eigenvalue weighted by molar-refractivity contribution is 7.89. The summed E-state index contributed by atoms with van der Waals surface area (Å²) in [7, 11) is -4.12. The summed E-state index contributed by atoms with van der Waals surface area (Å²) < 4.78 is 66.0. The Balaban J connectivity index is 1.61. The molecule has 31 heavy (non-hydrogen) atoms. The average Bonchev–Trinajstić information content (AvgIpc) is 3.19. The number of rotatable bonds is 6. The number of piperidine rings is 1. The van der Waals surface area contributed by atoms with Crippen LogP contribution in [-0.2, 0) is 34.0 Å². The normalized spacial score (nSPS) is 16.4. The van der Waals surface area contributed by atoms with Crippen molar-refractivity contribution >= 4 is 38.9 Å². The summed E-state index contributed by atoms with van der Waals surface area (Å²) in [4.78, 5) is 14.3. The number of alkyl halides is 3. The Bertz CT molecular complexity index is 1050. The molecule has 1 aromatic heterocycles. The number of aryl methyl sites for hydroxylation is 1. The molecule has 0 bridgehead atoms. The Morgan fingerprint density at radius 3 is 2.42 bits per heavy atom. The first kappa shape index (κ1) is 24.0. The Labute approximate surface area is 188 Å². The standard InChI is InChI=1S/C20H22ClF3N2O3S2/c1-2-14-3-4-15(30-14)12-25-19(27)13-7-9-26(10-8-13)31(28,29)16-5-6-18(21)17(11-16)20(22,23)24/h3-6,11,13H,2,7-10,12H2,1H3,(H,25,27). The molecule has 5 nitrogen and oxygen atoms in total. The van der Waals surface area contributed by atoms with Gasteiger partial charge in [0, 0.05) is 28.8 Å². The number of hydrogen-bond donors (Lipinski definition) is 1. The molecule has 1 aliphatic heterocycles. The number of hydrogen-bond acceptors (Lipinski definition) is 4. The maximum atomic E-state index is 13.1. The second kappa shape index (κ2) is 9.48. The molecule has 0 unspecified atom stereocenters. The van der Waals surface area contributed by atoms with E-state index < -0.39 is 31.7 Å². The molecule has 1 saturated heterocycles. The summed E-state index contributed by atoms with van der Waals surface area (Å²) in [6.07, 6.45) is -3.22. The molecule has 2 heterocycles. The monoisotopic (exact) mass is 494 g/mol. The number of nitrogens with one attached hydrogen (secondary N) is 1. The maximum Gasteiger partial charge on any atom is 0.417 e. The third kappa shape index (κ3) is 5.60. The minimum absolute atomic E-state index is 0.0589. The number of sulfonamides is 1. The summed E-state index contributed by atoms with van der Waals surface area (Å²) in [5.74, 6) is -0.484. The van der Waals surface area contributed by atoms with E-state index in [1.54, 1.807) is 11.3 Å². The van der Waals surface area contributed by atoms with E-state index in [9.17, 15) is 26.4 Å². The van der Waals surface area contributed by atoms with Crippen LogP contribution in [0.15, 0.2) is 35.2 Å². The lowest BCUT2D eigenvalue weighted by atomic mass is 9.97. The molecule has 170 valence electrons. The first-order chi connectivity index (χ1) is 14.5. The molecular formula is C20H22ClF3N2O3S2. The second-order valence-corrected chi connectivity index (χ2v) is 10.9. The Morgan fingerprint density at radius 1 is 1.19 bits per heavy atom. The van der Waals surface area contributed by atoms with Crippen molar-refractivity contribution in [2.24, 2.45) is 5.92 Å². The zero-order valence-corrected chi connectivity index (χ0v) is 19.1. The van der Waals surface area contributed by atoms with Crippen molar-refractivity contribution in [2.45, 2.75) is 43.8 Å². The summed E-state index contributed by atoms with van der Waals surface area (Å²) in [5, 5.41) is 2.33. The van der Waals surface area contributed by atoms with Crippen LogP contribution < -0.4 is 5.32 Å². The lowest BCUT2D eigenvalue weighted by molar-refractivity contribution is -0.137. The van der Waals surface area contributed by atoms with E-state index in [0.29, 0.717) is 25.5 Å². The van der Waals surface area contributed by atoms with Crippen LogP contribution in [0, 0.1) is 5.92 Å². The third-order valence-corrected chi connectivity index (χ3v) is 8.66. The van der Waals surface area contributed by atoms with Gasteiger partial charge in [0.15, 0.2) is 0 Å². The molecule has 0 spiro atoms. The molecular weight excluding hydrogens is 473 g/mol. The molecule has 0 saturated carbocycles. The molecule has 1 N–H and O–H groups in total. The molecule has 1 fully saturated rings. The molecule has 1 aliphatic rings. The average molecular weight is 495 g/mol. The van der Waals surface area contributed by atoms with E-state index in [4.69, 9.17) is 11.6 Å². The predicted molar refractivity (Wildman–Crippen MR) is 113 cm³/mol. The summed E-state index contributed by atoms with van der Waals surface area (Å²) in [6, 6.07) is 6.56. The summed E-state index contributed by atoms with van der Waals surface area (Å²) >= 11 is 7.22. The fraction of sp³-hybridized carbons (Fsp3) is 0.450. The number of amides is 1. The van der Waals surface area contributed by atoms with Crippen molar-refractivity contribution in [1.82, 2.24) is 9.62 Å². The number of benzene rings is 1. The Hall–Kier alpha value is -1.62. The maximum absolute atomic E-state index is 13.1. The van der Waals surface area contributed by atoms with Crippen molar-refractivity contribution < 1.29 is 26.4 Å². The van der Waals surface area contributed by atoms with Crippen molar-refractivity contribution in [2.75, 3.05) is 13.1 Å². The predicted octanol–water partition coefficient (Wildman–Crippen LogP) is 4.70. The van der Waals surface area contributed by atoms with Gasteiger partial charge in [-0.3, -0.25) is 4.79 Å². The fourth-order valence-corrected chi connectivity index (χ4v) is 6.03. The van der Waals surface area contributed by atoms with Gasteiger partial charge in [-0.2, -0.15) is 17.5 Å². The number of carbonyl (C=O) groups excluding carboxylic acids is 1. The quantitative estimate of drug-likeness (QED) is 0.633. The van der Waals surface area contributed by atoms with Crippen LogP contribution in [0.4, 0.5) is 13.2 Å². The van der Waals surface area contributed by atoms with Crippen LogP contribution in [0.5, 0.6) is 0 Å². The SMILES string of the molecule is CCc1ccc(CNC(=O)C2CCN(S(=O)(=O)c3ccc(Cl)c(C(F)(F)F)c3)CC2)s1. The highest BCUT2D eigenvalue weighted by Crippen LogP contribution is 2.36. The van der Waals surface area contributed by atoms with Crippen LogP contribution in [0.3, 0.4) is 0 Å². The summed E-state index contributed by atoms with van der Waals surface area (Å²) in [5.41, 5.74) is -1.19. The van der Waals surface area contributed by atoms with Crippen molar-refractivity contribution in [3.63, 3.8) is 0 Å². The molecule has 0 radical (unpaired) electrons. The van der Waals surface area contributed by atoms with Gasteiger partial charge in [0.25, 0.3) is 0 Å². The van der Waals surface area contributed by atoms with Gasteiger partial charge < -0.3 is 5.32 Å². The summed E-state index contributed by atoms with van der Waals surface area (Å²) in [6.45, 7) is 2.60. The van der Waals surface area contributed by atoms with E-state index in [2.05, 4.69) is 12.2 Å². The molecule has 0 aliphatic carbocycles. The number of carbonyl (C=O) groups is 1. The highest BCUT2D eigenvalue weighted by atomic mass is 35.5. The minimum Gasteiger partial charge on any atom is -0.351 e.